The van der Waals surface area contributed by atoms with Gasteiger partial charge in [-0.2, -0.15) is 0 Å². The Hall–Kier alpha value is -2.57. The third-order valence-electron chi connectivity index (χ3n) is 6.19. The van der Waals surface area contributed by atoms with Crippen molar-refractivity contribution in [3.05, 3.63) is 29.8 Å². The van der Waals surface area contributed by atoms with E-state index in [1.165, 1.54) is 0 Å². The number of amides is 4. The quantitative estimate of drug-likeness (QED) is 0.697. The lowest BCUT2D eigenvalue weighted by atomic mass is 9.64. The maximum absolute atomic E-state index is 13.2. The van der Waals surface area contributed by atoms with Gasteiger partial charge in [0.15, 0.2) is 0 Å². The van der Waals surface area contributed by atoms with Crippen LogP contribution < -0.4 is 15.4 Å². The number of methoxy groups -OCH3 is 1. The number of hydrogen-bond acceptors (Lipinski definition) is 4. The molecule has 1 aromatic rings. The van der Waals surface area contributed by atoms with Crippen LogP contribution >= 0.6 is 0 Å². The number of carbonyl (C=O) groups excluding carboxylic acids is 3. The Morgan fingerprint density at radius 2 is 1.93 bits per heavy atom. The van der Waals surface area contributed by atoms with E-state index < -0.39 is 11.6 Å². The van der Waals surface area contributed by atoms with E-state index in [-0.39, 0.29) is 29.8 Å². The highest BCUT2D eigenvalue weighted by Crippen LogP contribution is 2.46. The van der Waals surface area contributed by atoms with Gasteiger partial charge in [0, 0.05) is 0 Å². The summed E-state index contributed by atoms with van der Waals surface area (Å²) in [6.45, 7) is 8.06. The Morgan fingerprint density at radius 3 is 2.50 bits per heavy atom. The predicted octanol–water partition coefficient (Wildman–Crippen LogP) is 3.40. The second-order valence-electron chi connectivity index (χ2n) is 9.56. The second-order valence-corrected chi connectivity index (χ2v) is 9.56. The van der Waals surface area contributed by atoms with E-state index in [0.717, 1.165) is 22.6 Å². The fourth-order valence-corrected chi connectivity index (χ4v) is 5.29. The van der Waals surface area contributed by atoms with Crippen LogP contribution in [0.1, 0.15) is 65.0 Å². The van der Waals surface area contributed by atoms with Gasteiger partial charge in [-0.15, -0.1) is 0 Å². The van der Waals surface area contributed by atoms with Gasteiger partial charge in [0.25, 0.3) is 5.91 Å². The van der Waals surface area contributed by atoms with Crippen LogP contribution in [0.25, 0.3) is 0 Å². The van der Waals surface area contributed by atoms with Gasteiger partial charge >= 0.3 is 6.03 Å². The summed E-state index contributed by atoms with van der Waals surface area (Å²) in [6.07, 6.45) is 2.91. The first-order valence-corrected chi connectivity index (χ1v) is 10.7. The molecule has 1 aromatic carbocycles. The molecule has 2 N–H and O–H groups in total. The van der Waals surface area contributed by atoms with Gasteiger partial charge in [-0.3, -0.25) is 14.5 Å². The molecule has 1 spiro atoms. The molecule has 3 atom stereocenters. The number of carbonyl (C=O) groups is 3. The molecule has 7 nitrogen and oxygen atoms in total. The smallest absolute Gasteiger partial charge is 0.325 e. The summed E-state index contributed by atoms with van der Waals surface area (Å²) in [4.78, 5) is 39.6. The molecule has 0 bridgehead atoms. The zero-order chi connectivity index (χ0) is 22.1. The third kappa shape index (κ3) is 4.45. The Labute approximate surface area is 178 Å². The summed E-state index contributed by atoms with van der Waals surface area (Å²) in [5.41, 5.74) is 0.0161. The summed E-state index contributed by atoms with van der Waals surface area (Å²) < 4.78 is 5.18. The highest BCUT2D eigenvalue weighted by atomic mass is 16.5. The van der Waals surface area contributed by atoms with E-state index in [4.69, 9.17) is 4.74 Å². The van der Waals surface area contributed by atoms with E-state index in [0.29, 0.717) is 25.2 Å². The first kappa shape index (κ1) is 22.1. The van der Waals surface area contributed by atoms with Crippen molar-refractivity contribution in [2.24, 2.45) is 11.3 Å². The molecule has 4 amide bonds. The van der Waals surface area contributed by atoms with Crippen LogP contribution in [0.4, 0.5) is 4.79 Å². The molecular formula is C23H33N3O4. The van der Waals surface area contributed by atoms with Crippen LogP contribution in [0, 0.1) is 11.3 Å². The van der Waals surface area contributed by atoms with Crippen molar-refractivity contribution >= 4 is 17.8 Å². The minimum absolute atomic E-state index is 0.0411. The van der Waals surface area contributed by atoms with Gasteiger partial charge in [-0.05, 0) is 54.7 Å². The average Bonchev–Trinajstić information content (AvgIpc) is 2.87. The molecule has 30 heavy (non-hydrogen) atoms. The zero-order valence-corrected chi connectivity index (χ0v) is 18.6. The number of nitrogens with zero attached hydrogens (tertiary/aromatic N) is 1. The molecule has 1 saturated heterocycles. The van der Waals surface area contributed by atoms with E-state index in [2.05, 4.69) is 31.4 Å². The van der Waals surface area contributed by atoms with E-state index >= 15 is 0 Å². The molecule has 164 valence electrons. The van der Waals surface area contributed by atoms with Crippen LogP contribution in [0.15, 0.2) is 24.3 Å². The molecule has 0 radical (unpaired) electrons. The molecule has 1 aliphatic carbocycles. The lowest BCUT2D eigenvalue weighted by Crippen LogP contribution is -2.54. The van der Waals surface area contributed by atoms with Crippen LogP contribution in [0.5, 0.6) is 5.75 Å². The van der Waals surface area contributed by atoms with Crippen LogP contribution in [-0.2, 0) is 9.59 Å². The number of benzene rings is 1. The molecule has 2 fully saturated rings. The Bertz CT molecular complexity index is 820. The van der Waals surface area contributed by atoms with Gasteiger partial charge in [-0.1, -0.05) is 39.8 Å². The molecule has 0 unspecified atom stereocenters. The van der Waals surface area contributed by atoms with Crippen LogP contribution in [0.3, 0.4) is 0 Å². The highest BCUT2D eigenvalue weighted by molar-refractivity contribution is 6.09. The summed E-state index contributed by atoms with van der Waals surface area (Å²) in [7, 11) is 1.60. The van der Waals surface area contributed by atoms with Crippen molar-refractivity contribution in [2.75, 3.05) is 13.7 Å². The monoisotopic (exact) mass is 415 g/mol. The number of ether oxygens (including phenoxy) is 1. The predicted molar refractivity (Wildman–Crippen MR) is 114 cm³/mol. The van der Waals surface area contributed by atoms with Gasteiger partial charge in [0.05, 0.1) is 13.2 Å². The van der Waals surface area contributed by atoms with Gasteiger partial charge in [-0.25, -0.2) is 4.79 Å². The summed E-state index contributed by atoms with van der Waals surface area (Å²) in [5, 5.41) is 5.87. The second kappa shape index (κ2) is 8.28. The minimum atomic E-state index is -0.890. The van der Waals surface area contributed by atoms with E-state index in [1.54, 1.807) is 7.11 Å². The summed E-state index contributed by atoms with van der Waals surface area (Å²) in [6, 6.07) is 6.82. The third-order valence-corrected chi connectivity index (χ3v) is 6.19. The first-order valence-electron chi connectivity index (χ1n) is 10.7. The molecule has 1 saturated carbocycles. The van der Waals surface area contributed by atoms with Crippen molar-refractivity contribution in [3.63, 3.8) is 0 Å². The van der Waals surface area contributed by atoms with Crippen molar-refractivity contribution in [2.45, 2.75) is 65.0 Å². The lowest BCUT2D eigenvalue weighted by molar-refractivity contribution is -0.137. The van der Waals surface area contributed by atoms with Crippen molar-refractivity contribution in [3.8, 4) is 5.75 Å². The zero-order valence-electron chi connectivity index (χ0n) is 18.6. The summed E-state index contributed by atoms with van der Waals surface area (Å²) in [5.74, 6) is 0.446. The van der Waals surface area contributed by atoms with Crippen molar-refractivity contribution in [1.29, 1.82) is 0 Å². The van der Waals surface area contributed by atoms with Gasteiger partial charge < -0.3 is 15.4 Å². The van der Waals surface area contributed by atoms with Crippen LogP contribution in [-0.4, -0.2) is 41.9 Å². The normalized spacial score (nSPS) is 26.4. The maximum atomic E-state index is 13.2. The Morgan fingerprint density at radius 1 is 1.27 bits per heavy atom. The fourth-order valence-electron chi connectivity index (χ4n) is 5.29. The molecule has 0 aromatic heterocycles. The number of urea groups is 1. The molecule has 3 rings (SSSR count). The minimum Gasteiger partial charge on any atom is -0.497 e. The molecule has 1 aliphatic heterocycles. The maximum Gasteiger partial charge on any atom is 0.325 e. The molecular weight excluding hydrogens is 382 g/mol. The summed E-state index contributed by atoms with van der Waals surface area (Å²) >= 11 is 0. The lowest BCUT2D eigenvalue weighted by Gasteiger charge is -2.43. The Kier molecular flexibility index (Phi) is 6.11. The number of hydrogen-bond donors (Lipinski definition) is 2. The van der Waals surface area contributed by atoms with Gasteiger partial charge in [0.2, 0.25) is 5.91 Å². The molecule has 7 heteroatoms. The number of rotatable bonds is 6. The van der Waals surface area contributed by atoms with Crippen LogP contribution in [0.2, 0.25) is 0 Å². The fraction of sp³-hybridized carbons (Fsp3) is 0.609. The average molecular weight is 416 g/mol. The van der Waals surface area contributed by atoms with E-state index in [9.17, 15) is 14.4 Å². The largest absolute Gasteiger partial charge is 0.497 e. The van der Waals surface area contributed by atoms with E-state index in [1.807, 2.05) is 31.2 Å². The number of nitrogens with one attached hydrogen (secondary N) is 2. The van der Waals surface area contributed by atoms with Crippen molar-refractivity contribution in [1.82, 2.24) is 15.5 Å². The SMILES string of the molecule is CC[C@H](NC(=O)CN1C(=O)N[C@]2(C[C@@H](C)CC(C)(C)C2)C1=O)c1ccc(OC)cc1. The molecule has 2 aliphatic rings. The highest BCUT2D eigenvalue weighted by Gasteiger charge is 2.56. The van der Waals surface area contributed by atoms with Crippen molar-refractivity contribution < 1.29 is 19.1 Å². The topological polar surface area (TPSA) is 87.7 Å². The standard InChI is InChI=1S/C23H33N3O4/c1-6-18(16-7-9-17(30-5)10-8-16)24-19(27)13-26-20(28)23(25-21(26)29)12-15(2)11-22(3,4)14-23/h7-10,15,18H,6,11-14H2,1-5H3,(H,24,27)(H,25,29)/t15-,18-,23-/m0/s1. The van der Waals surface area contributed by atoms with Gasteiger partial charge in [0.1, 0.15) is 17.8 Å². The Balaban J connectivity index is 1.68. The number of imide groups is 1. The molecule has 1 heterocycles. The first-order chi connectivity index (χ1) is 14.1.